The van der Waals surface area contributed by atoms with E-state index in [2.05, 4.69) is 47.8 Å². The zero-order chi connectivity index (χ0) is 12.4. The average molecular weight is 239 g/mol. The van der Waals surface area contributed by atoms with Gasteiger partial charge in [-0.05, 0) is 35.2 Å². The summed E-state index contributed by atoms with van der Waals surface area (Å²) in [6.45, 7) is 1.03. The summed E-state index contributed by atoms with van der Waals surface area (Å²) in [7, 11) is 1.72. The van der Waals surface area contributed by atoms with Gasteiger partial charge in [0.15, 0.2) is 0 Å². The lowest BCUT2D eigenvalue weighted by atomic mass is 9.90. The van der Waals surface area contributed by atoms with E-state index in [4.69, 9.17) is 4.74 Å². The third kappa shape index (κ3) is 2.00. The van der Waals surface area contributed by atoms with Crippen LogP contribution >= 0.6 is 0 Å². The second kappa shape index (κ2) is 4.83. The molecule has 0 saturated heterocycles. The molecule has 2 aromatic rings. The first-order valence-corrected chi connectivity index (χ1v) is 6.33. The third-order valence-corrected chi connectivity index (χ3v) is 3.54. The molecular formula is C16H17NO. The van der Waals surface area contributed by atoms with E-state index in [0.29, 0.717) is 0 Å². The minimum atomic E-state index is 0.282. The molecule has 0 fully saturated rings. The minimum absolute atomic E-state index is 0.282. The highest BCUT2D eigenvalue weighted by Crippen LogP contribution is 2.31. The van der Waals surface area contributed by atoms with E-state index < -0.39 is 0 Å². The zero-order valence-corrected chi connectivity index (χ0v) is 10.5. The van der Waals surface area contributed by atoms with E-state index in [1.807, 2.05) is 6.07 Å². The molecule has 0 aliphatic carbocycles. The van der Waals surface area contributed by atoms with E-state index in [9.17, 15) is 0 Å². The molecule has 0 saturated carbocycles. The summed E-state index contributed by atoms with van der Waals surface area (Å²) in [4.78, 5) is 0. The van der Waals surface area contributed by atoms with Crippen LogP contribution in [0.4, 0.5) is 0 Å². The number of hydrogen-bond donors (Lipinski definition) is 1. The number of rotatable bonds is 2. The molecule has 18 heavy (non-hydrogen) atoms. The molecular weight excluding hydrogens is 222 g/mol. The summed E-state index contributed by atoms with van der Waals surface area (Å²) in [5, 5.41) is 3.59. The maximum absolute atomic E-state index is 5.34. The van der Waals surface area contributed by atoms with Gasteiger partial charge in [0.25, 0.3) is 0 Å². The van der Waals surface area contributed by atoms with Crippen LogP contribution in [-0.4, -0.2) is 13.7 Å². The molecule has 1 atom stereocenters. The van der Waals surface area contributed by atoms with Gasteiger partial charge in [-0.3, -0.25) is 0 Å². The van der Waals surface area contributed by atoms with Crippen LogP contribution in [0.3, 0.4) is 0 Å². The summed E-state index contributed by atoms with van der Waals surface area (Å²) in [5.74, 6) is 0.929. The molecule has 2 nitrogen and oxygen atoms in total. The number of nitrogens with one attached hydrogen (secondary N) is 1. The highest BCUT2D eigenvalue weighted by molar-refractivity contribution is 5.43. The highest BCUT2D eigenvalue weighted by atomic mass is 16.5. The Morgan fingerprint density at radius 1 is 1.11 bits per heavy atom. The van der Waals surface area contributed by atoms with Gasteiger partial charge in [-0.15, -0.1) is 0 Å². The van der Waals surface area contributed by atoms with Gasteiger partial charge >= 0.3 is 0 Å². The molecule has 3 rings (SSSR count). The molecule has 92 valence electrons. The van der Waals surface area contributed by atoms with Gasteiger partial charge in [0.1, 0.15) is 5.75 Å². The number of methoxy groups -OCH3 is 1. The molecule has 1 aliphatic rings. The number of fused-ring (bicyclic) bond motifs is 1. The van der Waals surface area contributed by atoms with Crippen molar-refractivity contribution >= 4 is 0 Å². The predicted molar refractivity (Wildman–Crippen MR) is 73.0 cm³/mol. The Labute approximate surface area is 108 Å². The lowest BCUT2D eigenvalue weighted by Crippen LogP contribution is -2.30. The first kappa shape index (κ1) is 11.3. The Kier molecular flexibility index (Phi) is 3.03. The normalized spacial score (nSPS) is 18.2. The largest absolute Gasteiger partial charge is 0.497 e. The number of ether oxygens (including phenoxy) is 1. The number of hydrogen-bond acceptors (Lipinski definition) is 2. The van der Waals surface area contributed by atoms with E-state index >= 15 is 0 Å². The van der Waals surface area contributed by atoms with Crippen molar-refractivity contribution in [3.63, 3.8) is 0 Å². The SMILES string of the molecule is COc1ccc2c(c1)[C@@H](c1ccccc1)NCC2. The molecule has 0 amide bonds. The van der Waals surface area contributed by atoms with Gasteiger partial charge < -0.3 is 10.1 Å². The van der Waals surface area contributed by atoms with E-state index in [-0.39, 0.29) is 6.04 Å². The van der Waals surface area contributed by atoms with E-state index in [1.165, 1.54) is 16.7 Å². The van der Waals surface area contributed by atoms with Crippen molar-refractivity contribution < 1.29 is 4.74 Å². The van der Waals surface area contributed by atoms with Crippen molar-refractivity contribution in [1.82, 2.24) is 5.32 Å². The molecule has 1 aliphatic heterocycles. The van der Waals surface area contributed by atoms with Gasteiger partial charge in [0.2, 0.25) is 0 Å². The average Bonchev–Trinajstić information content (AvgIpc) is 2.47. The maximum atomic E-state index is 5.34. The second-order valence-corrected chi connectivity index (χ2v) is 4.61. The van der Waals surface area contributed by atoms with Crippen molar-refractivity contribution in [2.24, 2.45) is 0 Å². The molecule has 2 aromatic carbocycles. The molecule has 1 N–H and O–H groups in total. The smallest absolute Gasteiger partial charge is 0.119 e. The summed E-state index contributed by atoms with van der Waals surface area (Å²) in [5.41, 5.74) is 4.07. The summed E-state index contributed by atoms with van der Waals surface area (Å²) < 4.78 is 5.34. The standard InChI is InChI=1S/C16H17NO/c1-18-14-8-7-12-9-10-17-16(15(12)11-14)13-5-3-2-4-6-13/h2-8,11,16-17H,9-10H2,1H3/t16-/m1/s1. The van der Waals surface area contributed by atoms with Crippen LogP contribution < -0.4 is 10.1 Å². The van der Waals surface area contributed by atoms with Gasteiger partial charge in [0.05, 0.1) is 13.2 Å². The fourth-order valence-corrected chi connectivity index (χ4v) is 2.60. The lowest BCUT2D eigenvalue weighted by molar-refractivity contribution is 0.412. The Balaban J connectivity index is 2.05. The fraction of sp³-hybridized carbons (Fsp3) is 0.250. The topological polar surface area (TPSA) is 21.3 Å². The molecule has 1 heterocycles. The van der Waals surface area contributed by atoms with Crippen molar-refractivity contribution in [2.45, 2.75) is 12.5 Å². The van der Waals surface area contributed by atoms with Crippen LogP contribution in [0.2, 0.25) is 0 Å². The zero-order valence-electron chi connectivity index (χ0n) is 10.5. The van der Waals surface area contributed by atoms with Crippen LogP contribution in [0.5, 0.6) is 5.75 Å². The van der Waals surface area contributed by atoms with Gasteiger partial charge in [-0.25, -0.2) is 0 Å². The Hall–Kier alpha value is -1.80. The minimum Gasteiger partial charge on any atom is -0.497 e. The lowest BCUT2D eigenvalue weighted by Gasteiger charge is -2.27. The maximum Gasteiger partial charge on any atom is 0.119 e. The third-order valence-electron chi connectivity index (χ3n) is 3.54. The Morgan fingerprint density at radius 2 is 1.94 bits per heavy atom. The number of benzene rings is 2. The van der Waals surface area contributed by atoms with Gasteiger partial charge in [0, 0.05) is 6.54 Å². The molecule has 0 radical (unpaired) electrons. The van der Waals surface area contributed by atoms with Crippen molar-refractivity contribution in [3.8, 4) is 5.75 Å². The first-order valence-electron chi connectivity index (χ1n) is 6.33. The van der Waals surface area contributed by atoms with Crippen LogP contribution in [-0.2, 0) is 6.42 Å². The summed E-state index contributed by atoms with van der Waals surface area (Å²) >= 11 is 0. The van der Waals surface area contributed by atoms with Crippen LogP contribution in [0.1, 0.15) is 22.7 Å². The Bertz CT molecular complexity index is 536. The van der Waals surface area contributed by atoms with Gasteiger partial charge in [-0.2, -0.15) is 0 Å². The summed E-state index contributed by atoms with van der Waals surface area (Å²) in [6.07, 6.45) is 1.09. The quantitative estimate of drug-likeness (QED) is 0.870. The predicted octanol–water partition coefficient (Wildman–Crippen LogP) is 2.93. The van der Waals surface area contributed by atoms with Gasteiger partial charge in [-0.1, -0.05) is 36.4 Å². The van der Waals surface area contributed by atoms with Crippen LogP contribution in [0.15, 0.2) is 48.5 Å². The summed E-state index contributed by atoms with van der Waals surface area (Å²) in [6, 6.07) is 17.2. The van der Waals surface area contributed by atoms with E-state index in [0.717, 1.165) is 18.7 Å². The van der Waals surface area contributed by atoms with Crippen molar-refractivity contribution in [2.75, 3.05) is 13.7 Å². The van der Waals surface area contributed by atoms with Crippen molar-refractivity contribution in [1.29, 1.82) is 0 Å². The van der Waals surface area contributed by atoms with E-state index in [1.54, 1.807) is 7.11 Å². The molecule has 0 aromatic heterocycles. The molecule has 0 bridgehead atoms. The highest BCUT2D eigenvalue weighted by Gasteiger charge is 2.21. The Morgan fingerprint density at radius 3 is 2.72 bits per heavy atom. The molecule has 0 spiro atoms. The van der Waals surface area contributed by atoms with Crippen LogP contribution in [0, 0.1) is 0 Å². The second-order valence-electron chi connectivity index (χ2n) is 4.61. The fourth-order valence-electron chi connectivity index (χ4n) is 2.60. The monoisotopic (exact) mass is 239 g/mol. The first-order chi connectivity index (χ1) is 8.88. The molecule has 0 unspecified atom stereocenters. The van der Waals surface area contributed by atoms with Crippen molar-refractivity contribution in [3.05, 3.63) is 65.2 Å². The van der Waals surface area contributed by atoms with Crippen LogP contribution in [0.25, 0.3) is 0 Å². The molecule has 2 heteroatoms.